The third-order valence-corrected chi connectivity index (χ3v) is 6.15. The van der Waals surface area contributed by atoms with E-state index < -0.39 is 0 Å². The maximum atomic E-state index is 3.69. The maximum absolute atomic E-state index is 3.69. The molecule has 0 aliphatic heterocycles. The Balaban J connectivity index is 1.75. The zero-order chi connectivity index (χ0) is 15.5. The van der Waals surface area contributed by atoms with Crippen LogP contribution in [0.3, 0.4) is 0 Å². The minimum Gasteiger partial charge on any atom is -0.357 e. The molecule has 1 aromatic carbocycles. The predicted octanol–water partition coefficient (Wildman–Crippen LogP) is 6.64. The van der Waals surface area contributed by atoms with E-state index in [-0.39, 0.29) is 0 Å². The van der Waals surface area contributed by atoms with Crippen LogP contribution in [0.4, 0.5) is 0 Å². The monoisotopic (exact) mass is 361 g/mol. The number of para-hydroxylation sites is 1. The van der Waals surface area contributed by atoms with Crippen LogP contribution in [-0.4, -0.2) is 4.98 Å². The molecule has 2 unspecified atom stereocenters. The Morgan fingerprint density at radius 2 is 2.18 bits per heavy atom. The average molecular weight is 362 g/mol. The minimum atomic E-state index is 0.882. The molecular weight excluding hydrogens is 334 g/mol. The summed E-state index contributed by atoms with van der Waals surface area (Å²) in [7, 11) is 0. The Labute approximate surface area is 143 Å². The molecule has 120 valence electrons. The number of unbranched alkanes of at least 4 members (excludes halogenated alkanes) is 1. The number of halogens is 1. The van der Waals surface area contributed by atoms with Crippen LogP contribution < -0.4 is 0 Å². The first-order valence-electron chi connectivity index (χ1n) is 9.00. The SMILES string of the molecule is CCCCC(CC)CC1CCc2[nH]c3c(Br)cccc3c2C1. The van der Waals surface area contributed by atoms with E-state index in [9.17, 15) is 0 Å². The van der Waals surface area contributed by atoms with E-state index in [4.69, 9.17) is 0 Å². The number of H-pyrrole nitrogens is 1. The highest BCUT2D eigenvalue weighted by atomic mass is 79.9. The number of benzene rings is 1. The van der Waals surface area contributed by atoms with Gasteiger partial charge in [-0.2, -0.15) is 0 Å². The molecule has 2 heteroatoms. The van der Waals surface area contributed by atoms with Gasteiger partial charge in [-0.25, -0.2) is 0 Å². The molecule has 3 rings (SSSR count). The van der Waals surface area contributed by atoms with E-state index in [1.165, 1.54) is 72.4 Å². The molecule has 0 spiro atoms. The summed E-state index contributed by atoms with van der Waals surface area (Å²) >= 11 is 3.69. The Morgan fingerprint density at radius 3 is 2.95 bits per heavy atom. The van der Waals surface area contributed by atoms with Crippen molar-refractivity contribution in [2.24, 2.45) is 11.8 Å². The van der Waals surface area contributed by atoms with Crippen LogP contribution in [0.15, 0.2) is 22.7 Å². The summed E-state index contributed by atoms with van der Waals surface area (Å²) in [5.41, 5.74) is 4.38. The van der Waals surface area contributed by atoms with Gasteiger partial charge in [0.2, 0.25) is 0 Å². The molecule has 2 aromatic rings. The summed E-state index contributed by atoms with van der Waals surface area (Å²) in [6, 6.07) is 6.59. The summed E-state index contributed by atoms with van der Waals surface area (Å²) in [5.74, 6) is 1.82. The molecule has 0 saturated heterocycles. The Bertz CT molecular complexity index is 628. The molecule has 0 amide bonds. The fraction of sp³-hybridized carbons (Fsp3) is 0.600. The summed E-state index contributed by atoms with van der Waals surface area (Å²) < 4.78 is 1.20. The minimum absolute atomic E-state index is 0.882. The second-order valence-corrected chi connectivity index (χ2v) is 7.86. The first kappa shape index (κ1) is 16.1. The van der Waals surface area contributed by atoms with Crippen LogP contribution in [0.5, 0.6) is 0 Å². The number of fused-ring (bicyclic) bond motifs is 3. The number of aromatic nitrogens is 1. The molecule has 0 radical (unpaired) electrons. The molecule has 1 N–H and O–H groups in total. The fourth-order valence-corrected chi connectivity index (χ4v) is 4.60. The van der Waals surface area contributed by atoms with E-state index in [2.05, 4.69) is 53.0 Å². The lowest BCUT2D eigenvalue weighted by Gasteiger charge is -2.26. The van der Waals surface area contributed by atoms with Gasteiger partial charge in [0.05, 0.1) is 5.52 Å². The van der Waals surface area contributed by atoms with Crippen LogP contribution >= 0.6 is 15.9 Å². The molecule has 0 saturated carbocycles. The van der Waals surface area contributed by atoms with Crippen LogP contribution in [0.25, 0.3) is 10.9 Å². The van der Waals surface area contributed by atoms with Gasteiger partial charge in [-0.1, -0.05) is 51.7 Å². The van der Waals surface area contributed by atoms with Crippen molar-refractivity contribution in [1.82, 2.24) is 4.98 Å². The molecule has 0 fully saturated rings. The van der Waals surface area contributed by atoms with Gasteiger partial charge in [-0.3, -0.25) is 0 Å². The lowest BCUT2D eigenvalue weighted by Crippen LogP contribution is -2.17. The van der Waals surface area contributed by atoms with Crippen molar-refractivity contribution in [3.63, 3.8) is 0 Å². The third-order valence-electron chi connectivity index (χ3n) is 5.48. The Kier molecular flexibility index (Phi) is 5.28. The largest absolute Gasteiger partial charge is 0.357 e. The molecule has 22 heavy (non-hydrogen) atoms. The standard InChI is InChI=1S/C20H28BrN/c1-3-5-7-14(4-2)12-15-10-11-19-17(13-15)16-8-6-9-18(21)20(16)22-19/h6,8-9,14-15,22H,3-5,7,10-13H2,1-2H3. The second-order valence-electron chi connectivity index (χ2n) is 7.01. The summed E-state index contributed by atoms with van der Waals surface area (Å²) in [6.45, 7) is 4.68. The van der Waals surface area contributed by atoms with E-state index in [0.29, 0.717) is 0 Å². The van der Waals surface area contributed by atoms with Crippen molar-refractivity contribution in [3.05, 3.63) is 33.9 Å². The topological polar surface area (TPSA) is 15.8 Å². The Morgan fingerprint density at radius 1 is 1.32 bits per heavy atom. The number of nitrogens with one attached hydrogen (secondary N) is 1. The van der Waals surface area contributed by atoms with Gasteiger partial charge in [-0.05, 0) is 65.1 Å². The van der Waals surface area contributed by atoms with Gasteiger partial charge < -0.3 is 4.98 Å². The molecular formula is C20H28BrN. The highest BCUT2D eigenvalue weighted by Gasteiger charge is 2.24. The number of aromatic amines is 1. The second kappa shape index (κ2) is 7.21. The quantitative estimate of drug-likeness (QED) is 0.593. The lowest BCUT2D eigenvalue weighted by molar-refractivity contribution is 0.313. The molecule has 1 aromatic heterocycles. The molecule has 1 aliphatic carbocycles. The zero-order valence-electron chi connectivity index (χ0n) is 13.9. The van der Waals surface area contributed by atoms with E-state index in [0.717, 1.165) is 11.8 Å². The molecule has 0 bridgehead atoms. The third kappa shape index (κ3) is 3.27. The van der Waals surface area contributed by atoms with E-state index in [1.54, 1.807) is 5.56 Å². The van der Waals surface area contributed by atoms with E-state index >= 15 is 0 Å². The molecule has 1 nitrogen and oxygen atoms in total. The van der Waals surface area contributed by atoms with Crippen molar-refractivity contribution in [3.8, 4) is 0 Å². The zero-order valence-corrected chi connectivity index (χ0v) is 15.5. The van der Waals surface area contributed by atoms with Crippen LogP contribution in [0.1, 0.15) is 63.6 Å². The summed E-state index contributed by atoms with van der Waals surface area (Å²) in [4.78, 5) is 3.66. The highest BCUT2D eigenvalue weighted by Crippen LogP contribution is 2.37. The van der Waals surface area contributed by atoms with Crippen molar-refractivity contribution in [2.45, 2.75) is 65.2 Å². The van der Waals surface area contributed by atoms with Gasteiger partial charge in [0.15, 0.2) is 0 Å². The molecule has 1 aliphatic rings. The summed E-state index contributed by atoms with van der Waals surface area (Å²) in [5, 5.41) is 1.44. The Hall–Kier alpha value is -0.760. The number of hydrogen-bond donors (Lipinski definition) is 1. The van der Waals surface area contributed by atoms with Gasteiger partial charge >= 0.3 is 0 Å². The number of hydrogen-bond acceptors (Lipinski definition) is 0. The van der Waals surface area contributed by atoms with Crippen LogP contribution in [0.2, 0.25) is 0 Å². The molecule has 2 atom stereocenters. The highest BCUT2D eigenvalue weighted by molar-refractivity contribution is 9.10. The normalized spacial score (nSPS) is 19.3. The van der Waals surface area contributed by atoms with E-state index in [1.807, 2.05) is 0 Å². The number of rotatable bonds is 6. The smallest absolute Gasteiger partial charge is 0.0603 e. The number of aryl methyl sites for hydroxylation is 1. The van der Waals surface area contributed by atoms with Crippen LogP contribution in [-0.2, 0) is 12.8 Å². The summed E-state index contributed by atoms with van der Waals surface area (Å²) in [6.07, 6.45) is 10.8. The van der Waals surface area contributed by atoms with Gasteiger partial charge in [0.1, 0.15) is 0 Å². The lowest BCUT2D eigenvalue weighted by atomic mass is 9.79. The van der Waals surface area contributed by atoms with Crippen LogP contribution in [0, 0.1) is 11.8 Å². The van der Waals surface area contributed by atoms with Gasteiger partial charge in [0, 0.05) is 15.6 Å². The molecule has 1 heterocycles. The van der Waals surface area contributed by atoms with Crippen molar-refractivity contribution in [1.29, 1.82) is 0 Å². The fourth-order valence-electron chi connectivity index (χ4n) is 4.13. The van der Waals surface area contributed by atoms with Crippen molar-refractivity contribution < 1.29 is 0 Å². The predicted molar refractivity (Wildman–Crippen MR) is 99.4 cm³/mol. The van der Waals surface area contributed by atoms with Crippen molar-refractivity contribution in [2.75, 3.05) is 0 Å². The average Bonchev–Trinajstić information content (AvgIpc) is 2.91. The first-order valence-corrected chi connectivity index (χ1v) is 9.80. The maximum Gasteiger partial charge on any atom is 0.0603 e. The first-order chi connectivity index (χ1) is 10.7. The van der Waals surface area contributed by atoms with Gasteiger partial charge in [-0.15, -0.1) is 0 Å². The van der Waals surface area contributed by atoms with Crippen molar-refractivity contribution >= 4 is 26.8 Å². The van der Waals surface area contributed by atoms with Gasteiger partial charge in [0.25, 0.3) is 0 Å².